The smallest absolute Gasteiger partial charge is 0.131 e. The van der Waals surface area contributed by atoms with Crippen LogP contribution in [-0.4, -0.2) is 25.8 Å². The van der Waals surface area contributed by atoms with Crippen LogP contribution in [0.1, 0.15) is 39.8 Å². The van der Waals surface area contributed by atoms with Crippen LogP contribution in [0.4, 0.5) is 0 Å². The third-order valence-corrected chi connectivity index (χ3v) is 4.21. The number of ketones is 1. The predicted octanol–water partition coefficient (Wildman–Crippen LogP) is 2.02. The van der Waals surface area contributed by atoms with E-state index in [0.29, 0.717) is 12.8 Å². The maximum Gasteiger partial charge on any atom is 0.131 e. The Morgan fingerprint density at radius 1 is 1.42 bits per heavy atom. The monoisotopic (exact) mass is 282 g/mol. The Balaban J connectivity index is 2.73. The Labute approximate surface area is 117 Å². The van der Waals surface area contributed by atoms with Gasteiger partial charge in [-0.15, -0.1) is 0 Å². The summed E-state index contributed by atoms with van der Waals surface area (Å²) >= 11 is 0. The van der Waals surface area contributed by atoms with E-state index in [9.17, 15) is 9.00 Å². The summed E-state index contributed by atoms with van der Waals surface area (Å²) in [6.45, 7) is 7.26. The number of rotatable bonds is 6. The van der Waals surface area contributed by atoms with Crippen molar-refractivity contribution in [3.05, 3.63) is 30.1 Å². The van der Waals surface area contributed by atoms with Crippen molar-refractivity contribution < 1.29 is 9.00 Å². The summed E-state index contributed by atoms with van der Waals surface area (Å²) in [6.07, 6.45) is 2.68. The molecule has 0 spiro atoms. The lowest BCUT2D eigenvalue weighted by Crippen LogP contribution is -2.41. The Hall–Kier alpha value is -1.07. The van der Waals surface area contributed by atoms with Crippen molar-refractivity contribution in [2.24, 2.45) is 0 Å². The van der Waals surface area contributed by atoms with Gasteiger partial charge in [-0.3, -0.25) is 9.78 Å². The Kier molecular flexibility index (Phi) is 5.82. The highest BCUT2D eigenvalue weighted by Gasteiger charge is 2.23. The van der Waals surface area contributed by atoms with Crippen LogP contribution in [0.5, 0.6) is 0 Å². The summed E-state index contributed by atoms with van der Waals surface area (Å²) < 4.78 is 14.8. The van der Waals surface area contributed by atoms with Gasteiger partial charge in [0.05, 0.1) is 15.7 Å². The number of pyridine rings is 1. The fourth-order valence-corrected chi connectivity index (χ4v) is 2.42. The summed E-state index contributed by atoms with van der Waals surface area (Å²) in [7, 11) is -1.19. The topological polar surface area (TPSA) is 59.1 Å². The predicted molar refractivity (Wildman–Crippen MR) is 78.1 cm³/mol. The standard InChI is InChI=1S/C14H22N2O2S/c1-11(17)9-13(16-19(18)14(2,3)4)10-12-7-5-6-8-15-12/h5-8,13,16H,9-10H2,1-4H3/t13-,19+/m0/s1. The second-order valence-electron chi connectivity index (χ2n) is 5.63. The van der Waals surface area contributed by atoms with Gasteiger partial charge in [0.2, 0.25) is 0 Å². The lowest BCUT2D eigenvalue weighted by atomic mass is 10.1. The van der Waals surface area contributed by atoms with Crippen molar-refractivity contribution in [2.45, 2.75) is 51.3 Å². The molecule has 1 rings (SSSR count). The zero-order valence-corrected chi connectivity index (χ0v) is 12.8. The van der Waals surface area contributed by atoms with Crippen LogP contribution in [-0.2, 0) is 22.2 Å². The van der Waals surface area contributed by atoms with Crippen molar-refractivity contribution in [1.29, 1.82) is 0 Å². The van der Waals surface area contributed by atoms with Crippen LogP contribution >= 0.6 is 0 Å². The molecule has 0 aliphatic carbocycles. The van der Waals surface area contributed by atoms with Crippen LogP contribution in [0.3, 0.4) is 0 Å². The minimum Gasteiger partial charge on any atom is -0.300 e. The minimum absolute atomic E-state index is 0.0827. The number of hydrogen-bond donors (Lipinski definition) is 1. The summed E-state index contributed by atoms with van der Waals surface area (Å²) in [4.78, 5) is 15.6. The lowest BCUT2D eigenvalue weighted by molar-refractivity contribution is -0.117. The van der Waals surface area contributed by atoms with Gasteiger partial charge in [0.1, 0.15) is 5.78 Å². The highest BCUT2D eigenvalue weighted by Crippen LogP contribution is 2.12. The van der Waals surface area contributed by atoms with Gasteiger partial charge in [-0.05, 0) is 39.8 Å². The van der Waals surface area contributed by atoms with E-state index in [1.807, 2.05) is 39.0 Å². The Bertz CT molecular complexity index is 441. The SMILES string of the molecule is CC(=O)C[C@@H](Cc1ccccn1)N[S@](=O)C(C)(C)C. The van der Waals surface area contributed by atoms with Gasteiger partial charge in [-0.2, -0.15) is 0 Å². The number of Topliss-reactive ketones (excluding diaryl/α,β-unsaturated/α-hetero) is 1. The summed E-state index contributed by atoms with van der Waals surface area (Å²) in [6, 6.07) is 5.53. The van der Waals surface area contributed by atoms with E-state index < -0.39 is 11.0 Å². The van der Waals surface area contributed by atoms with Crippen LogP contribution in [0.2, 0.25) is 0 Å². The maximum absolute atomic E-state index is 12.1. The zero-order valence-electron chi connectivity index (χ0n) is 12.0. The number of hydrogen-bond acceptors (Lipinski definition) is 3. The molecular weight excluding hydrogens is 260 g/mol. The molecular formula is C14H22N2O2S. The second-order valence-corrected chi connectivity index (χ2v) is 7.63. The summed E-state index contributed by atoms with van der Waals surface area (Å²) in [5.74, 6) is 0.0827. The van der Waals surface area contributed by atoms with Gasteiger partial charge in [0.25, 0.3) is 0 Å². The Morgan fingerprint density at radius 2 is 2.11 bits per heavy atom. The molecule has 0 fully saturated rings. The first-order valence-corrected chi connectivity index (χ1v) is 7.51. The molecule has 0 bridgehead atoms. The highest BCUT2D eigenvalue weighted by molar-refractivity contribution is 7.84. The third kappa shape index (κ3) is 6.07. The molecule has 0 aliphatic rings. The molecule has 1 heterocycles. The molecule has 0 unspecified atom stereocenters. The molecule has 106 valence electrons. The number of carbonyl (C=O) groups is 1. The Morgan fingerprint density at radius 3 is 2.58 bits per heavy atom. The first-order chi connectivity index (χ1) is 8.79. The van der Waals surface area contributed by atoms with Crippen molar-refractivity contribution in [1.82, 2.24) is 9.71 Å². The molecule has 4 nitrogen and oxygen atoms in total. The van der Waals surface area contributed by atoms with E-state index in [1.165, 1.54) is 0 Å². The first kappa shape index (κ1) is 16.0. The van der Waals surface area contributed by atoms with Gasteiger partial charge >= 0.3 is 0 Å². The molecule has 0 radical (unpaired) electrons. The molecule has 5 heteroatoms. The van der Waals surface area contributed by atoms with Crippen molar-refractivity contribution in [2.75, 3.05) is 0 Å². The van der Waals surface area contributed by atoms with Gasteiger partial charge in [-0.25, -0.2) is 8.93 Å². The van der Waals surface area contributed by atoms with Crippen molar-refractivity contribution in [3.8, 4) is 0 Å². The van der Waals surface area contributed by atoms with Crippen LogP contribution in [0.25, 0.3) is 0 Å². The molecule has 1 N–H and O–H groups in total. The molecule has 0 amide bonds. The lowest BCUT2D eigenvalue weighted by Gasteiger charge is -2.23. The summed E-state index contributed by atoms with van der Waals surface area (Å²) in [5, 5.41) is 0. The van der Waals surface area contributed by atoms with E-state index in [-0.39, 0.29) is 16.6 Å². The van der Waals surface area contributed by atoms with Crippen molar-refractivity contribution >= 4 is 16.8 Å². The fraction of sp³-hybridized carbons (Fsp3) is 0.571. The molecule has 2 atom stereocenters. The highest BCUT2D eigenvalue weighted by atomic mass is 32.2. The fourth-order valence-electron chi connectivity index (χ4n) is 1.60. The summed E-state index contributed by atoms with van der Waals surface area (Å²) in [5.41, 5.74) is 0.896. The second kappa shape index (κ2) is 6.91. The molecule has 0 saturated carbocycles. The quantitative estimate of drug-likeness (QED) is 0.868. The molecule has 0 aromatic carbocycles. The van der Waals surface area contributed by atoms with Crippen LogP contribution in [0.15, 0.2) is 24.4 Å². The normalized spacial score (nSPS) is 14.9. The maximum atomic E-state index is 12.1. The van der Waals surface area contributed by atoms with E-state index >= 15 is 0 Å². The molecule has 1 aromatic rings. The average molecular weight is 282 g/mol. The van der Waals surface area contributed by atoms with E-state index in [2.05, 4.69) is 9.71 Å². The van der Waals surface area contributed by atoms with Gasteiger partial charge < -0.3 is 0 Å². The number of nitrogens with one attached hydrogen (secondary N) is 1. The van der Waals surface area contributed by atoms with E-state index in [0.717, 1.165) is 5.69 Å². The zero-order chi connectivity index (χ0) is 14.5. The average Bonchev–Trinajstić information content (AvgIpc) is 2.28. The van der Waals surface area contributed by atoms with Gasteiger partial charge in [0, 0.05) is 30.8 Å². The molecule has 19 heavy (non-hydrogen) atoms. The van der Waals surface area contributed by atoms with E-state index in [4.69, 9.17) is 0 Å². The number of carbonyl (C=O) groups excluding carboxylic acids is 1. The van der Waals surface area contributed by atoms with Crippen molar-refractivity contribution in [3.63, 3.8) is 0 Å². The largest absolute Gasteiger partial charge is 0.300 e. The first-order valence-electron chi connectivity index (χ1n) is 6.36. The van der Waals surface area contributed by atoms with Gasteiger partial charge in [0.15, 0.2) is 0 Å². The molecule has 1 aromatic heterocycles. The van der Waals surface area contributed by atoms with Gasteiger partial charge in [-0.1, -0.05) is 6.07 Å². The third-order valence-electron chi connectivity index (χ3n) is 2.55. The van der Waals surface area contributed by atoms with E-state index in [1.54, 1.807) is 13.1 Å². The molecule has 0 aliphatic heterocycles. The van der Waals surface area contributed by atoms with Crippen LogP contribution < -0.4 is 4.72 Å². The molecule has 0 saturated heterocycles. The number of aromatic nitrogens is 1. The van der Waals surface area contributed by atoms with Crippen LogP contribution in [0, 0.1) is 0 Å². The number of nitrogens with zero attached hydrogens (tertiary/aromatic N) is 1. The minimum atomic E-state index is -1.19.